The molecule has 0 radical (unpaired) electrons. The normalized spacial score (nSPS) is 11.9. The fourth-order valence-electron chi connectivity index (χ4n) is 0.990. The molecule has 1 rings (SSSR count). The average Bonchev–Trinajstić information content (AvgIpc) is 2.18. The molecule has 1 heterocycles. The van der Waals surface area contributed by atoms with E-state index in [2.05, 4.69) is 16.9 Å². The quantitative estimate of drug-likeness (QED) is 0.742. The highest BCUT2D eigenvalue weighted by Crippen LogP contribution is 2.08. The molecule has 0 saturated heterocycles. The molecule has 1 aromatic rings. The van der Waals surface area contributed by atoms with Crippen molar-refractivity contribution in [2.24, 2.45) is 0 Å². The molecule has 0 aliphatic rings. The lowest BCUT2D eigenvalue weighted by molar-refractivity contribution is -0.117. The van der Waals surface area contributed by atoms with E-state index >= 15 is 0 Å². The number of carbonyl (C=O) groups is 1. The van der Waals surface area contributed by atoms with Gasteiger partial charge in [0, 0.05) is 0 Å². The Morgan fingerprint density at radius 2 is 2.43 bits per heavy atom. The molecule has 0 fully saturated rings. The number of nitrogens with zero attached hydrogens (tertiary/aromatic N) is 1. The molecule has 0 bridgehead atoms. The van der Waals surface area contributed by atoms with Crippen molar-refractivity contribution >= 4 is 5.91 Å². The molecule has 0 unspecified atom stereocenters. The number of carbonyl (C=O) groups excluding carboxylic acids is 1. The van der Waals surface area contributed by atoms with Gasteiger partial charge in [0.1, 0.15) is 5.82 Å². The number of hydrogen-bond acceptors (Lipinski definition) is 2. The Bertz CT molecular complexity index is 334. The van der Waals surface area contributed by atoms with Crippen LogP contribution in [0.25, 0.3) is 0 Å². The van der Waals surface area contributed by atoms with Gasteiger partial charge in [-0.15, -0.1) is 0 Å². The molecule has 0 aliphatic heterocycles. The molecule has 14 heavy (non-hydrogen) atoms. The number of amides is 1. The van der Waals surface area contributed by atoms with Gasteiger partial charge in [-0.05, 0) is 25.1 Å². The Morgan fingerprint density at radius 1 is 1.71 bits per heavy atom. The van der Waals surface area contributed by atoms with E-state index in [9.17, 15) is 9.18 Å². The summed E-state index contributed by atoms with van der Waals surface area (Å²) >= 11 is 0. The van der Waals surface area contributed by atoms with Crippen molar-refractivity contribution in [1.82, 2.24) is 10.3 Å². The van der Waals surface area contributed by atoms with Crippen LogP contribution in [0.15, 0.2) is 31.0 Å². The first-order valence-corrected chi connectivity index (χ1v) is 4.18. The Hall–Kier alpha value is -1.71. The molecule has 4 heteroatoms. The molecule has 1 amide bonds. The zero-order chi connectivity index (χ0) is 10.6. The van der Waals surface area contributed by atoms with Crippen LogP contribution in [-0.2, 0) is 4.79 Å². The van der Waals surface area contributed by atoms with Crippen LogP contribution in [0.1, 0.15) is 18.7 Å². The number of aromatic nitrogens is 1. The average molecular weight is 194 g/mol. The van der Waals surface area contributed by atoms with Gasteiger partial charge in [-0.3, -0.25) is 9.78 Å². The molecular formula is C10H11FN2O. The zero-order valence-electron chi connectivity index (χ0n) is 7.83. The summed E-state index contributed by atoms with van der Waals surface area (Å²) in [6.45, 7) is 5.09. The monoisotopic (exact) mass is 194 g/mol. The first-order chi connectivity index (χ1) is 6.63. The van der Waals surface area contributed by atoms with Crippen LogP contribution in [-0.4, -0.2) is 10.9 Å². The highest BCUT2D eigenvalue weighted by Gasteiger charge is 2.07. The van der Waals surface area contributed by atoms with E-state index in [1.807, 2.05) is 0 Å². The topological polar surface area (TPSA) is 42.0 Å². The van der Waals surface area contributed by atoms with Crippen molar-refractivity contribution in [3.05, 3.63) is 42.5 Å². The Labute approximate surface area is 81.7 Å². The third-order valence-electron chi connectivity index (χ3n) is 1.74. The minimum atomic E-state index is -0.393. The first kappa shape index (κ1) is 10.4. The molecule has 0 aromatic carbocycles. The minimum absolute atomic E-state index is 0.249. The third-order valence-corrected chi connectivity index (χ3v) is 1.74. The minimum Gasteiger partial charge on any atom is -0.344 e. The van der Waals surface area contributed by atoms with E-state index in [1.165, 1.54) is 18.2 Å². The fraction of sp³-hybridized carbons (Fsp3) is 0.200. The predicted octanol–water partition coefficient (Wildman–Crippen LogP) is 1.58. The number of hydrogen-bond donors (Lipinski definition) is 1. The number of halogens is 1. The second-order valence-electron chi connectivity index (χ2n) is 2.84. The maximum absolute atomic E-state index is 12.5. The standard InChI is InChI=1S/C10H11FN2O/c1-3-10(14)13-7(2)9-5-4-8(11)6-12-9/h3-7H,1H2,2H3,(H,13,14)/t7-/m1/s1. The summed E-state index contributed by atoms with van der Waals surface area (Å²) in [5.74, 6) is -0.667. The predicted molar refractivity (Wildman–Crippen MR) is 50.9 cm³/mol. The van der Waals surface area contributed by atoms with Crippen molar-refractivity contribution in [1.29, 1.82) is 0 Å². The molecule has 1 atom stereocenters. The summed E-state index contributed by atoms with van der Waals surface area (Å²) in [5, 5.41) is 2.62. The Balaban J connectivity index is 2.69. The third kappa shape index (κ3) is 2.65. The van der Waals surface area contributed by atoms with Gasteiger partial charge in [0.2, 0.25) is 5.91 Å². The molecule has 0 saturated carbocycles. The Kier molecular flexibility index (Phi) is 3.34. The lowest BCUT2D eigenvalue weighted by Gasteiger charge is -2.11. The summed E-state index contributed by atoms with van der Waals surface area (Å²) in [7, 11) is 0. The van der Waals surface area contributed by atoms with E-state index in [0.29, 0.717) is 5.69 Å². The summed E-state index contributed by atoms with van der Waals surface area (Å²) in [4.78, 5) is 14.8. The molecule has 1 aromatic heterocycles. The first-order valence-electron chi connectivity index (χ1n) is 4.18. The van der Waals surface area contributed by atoms with Gasteiger partial charge in [-0.1, -0.05) is 6.58 Å². The van der Waals surface area contributed by atoms with E-state index < -0.39 is 5.82 Å². The van der Waals surface area contributed by atoms with Crippen molar-refractivity contribution < 1.29 is 9.18 Å². The maximum atomic E-state index is 12.5. The van der Waals surface area contributed by atoms with Gasteiger partial charge in [0.05, 0.1) is 17.9 Å². The van der Waals surface area contributed by atoms with Crippen LogP contribution in [0.5, 0.6) is 0 Å². The highest BCUT2D eigenvalue weighted by atomic mass is 19.1. The largest absolute Gasteiger partial charge is 0.344 e. The molecule has 0 aliphatic carbocycles. The van der Waals surface area contributed by atoms with E-state index in [4.69, 9.17) is 0 Å². The smallest absolute Gasteiger partial charge is 0.243 e. The van der Waals surface area contributed by atoms with Crippen molar-refractivity contribution in [3.63, 3.8) is 0 Å². The van der Waals surface area contributed by atoms with Crippen molar-refractivity contribution in [2.75, 3.05) is 0 Å². The lowest BCUT2D eigenvalue weighted by Crippen LogP contribution is -2.25. The van der Waals surface area contributed by atoms with Gasteiger partial charge >= 0.3 is 0 Å². The second kappa shape index (κ2) is 4.50. The van der Waals surface area contributed by atoms with Crippen LogP contribution < -0.4 is 5.32 Å². The molecule has 3 nitrogen and oxygen atoms in total. The number of nitrogens with one attached hydrogen (secondary N) is 1. The number of pyridine rings is 1. The van der Waals surface area contributed by atoms with Gasteiger partial charge in [-0.25, -0.2) is 4.39 Å². The van der Waals surface area contributed by atoms with Crippen molar-refractivity contribution in [2.45, 2.75) is 13.0 Å². The summed E-state index contributed by atoms with van der Waals surface area (Å²) in [6.07, 6.45) is 2.30. The summed E-state index contributed by atoms with van der Waals surface area (Å²) in [6, 6.07) is 2.59. The SMILES string of the molecule is C=CC(=O)N[C@H](C)c1ccc(F)cn1. The highest BCUT2D eigenvalue weighted by molar-refractivity contribution is 5.87. The van der Waals surface area contributed by atoms with Crippen molar-refractivity contribution in [3.8, 4) is 0 Å². The van der Waals surface area contributed by atoms with Gasteiger partial charge in [-0.2, -0.15) is 0 Å². The summed E-state index contributed by atoms with van der Waals surface area (Å²) in [5.41, 5.74) is 0.613. The van der Waals surface area contributed by atoms with Crippen LogP contribution in [0, 0.1) is 5.82 Å². The molecule has 74 valence electrons. The van der Waals surface area contributed by atoms with Crippen LogP contribution >= 0.6 is 0 Å². The second-order valence-corrected chi connectivity index (χ2v) is 2.84. The molecule has 1 N–H and O–H groups in total. The van der Waals surface area contributed by atoms with Gasteiger partial charge in [0.25, 0.3) is 0 Å². The van der Waals surface area contributed by atoms with Crippen LogP contribution in [0.4, 0.5) is 4.39 Å². The van der Waals surface area contributed by atoms with E-state index in [-0.39, 0.29) is 11.9 Å². The summed E-state index contributed by atoms with van der Waals surface area (Å²) < 4.78 is 12.5. The number of rotatable bonds is 3. The van der Waals surface area contributed by atoms with Crippen LogP contribution in [0.3, 0.4) is 0 Å². The molecule has 0 spiro atoms. The lowest BCUT2D eigenvalue weighted by atomic mass is 10.2. The van der Waals surface area contributed by atoms with Gasteiger partial charge < -0.3 is 5.32 Å². The molecular weight excluding hydrogens is 183 g/mol. The van der Waals surface area contributed by atoms with E-state index in [0.717, 1.165) is 6.20 Å². The fourth-order valence-corrected chi connectivity index (χ4v) is 0.990. The van der Waals surface area contributed by atoms with E-state index in [1.54, 1.807) is 6.92 Å². The van der Waals surface area contributed by atoms with Crippen LogP contribution in [0.2, 0.25) is 0 Å². The zero-order valence-corrected chi connectivity index (χ0v) is 7.83. The Morgan fingerprint density at radius 3 is 2.93 bits per heavy atom. The van der Waals surface area contributed by atoms with Gasteiger partial charge in [0.15, 0.2) is 0 Å². The maximum Gasteiger partial charge on any atom is 0.243 e.